The van der Waals surface area contributed by atoms with Gasteiger partial charge in [-0.2, -0.15) is 5.06 Å². The minimum atomic E-state index is -0.520. The number of nitrogens with two attached hydrogens (primary N) is 1. The van der Waals surface area contributed by atoms with E-state index in [1.807, 2.05) is 38.1 Å². The number of fused-ring (bicyclic) bond motifs is 1. The van der Waals surface area contributed by atoms with Crippen LogP contribution >= 0.6 is 0 Å². The molecule has 216 valence electrons. The zero-order valence-corrected chi connectivity index (χ0v) is 24.0. The molecular formula is C31H42N4O5. The normalized spacial score (nSPS) is 24.8. The summed E-state index contributed by atoms with van der Waals surface area (Å²) in [6.45, 7) is 7.01. The van der Waals surface area contributed by atoms with Gasteiger partial charge in [0.15, 0.2) is 6.23 Å². The number of carbonyl (C=O) groups is 1. The summed E-state index contributed by atoms with van der Waals surface area (Å²) in [5, 5.41) is 1.73. The molecule has 4 unspecified atom stereocenters. The van der Waals surface area contributed by atoms with Crippen molar-refractivity contribution < 1.29 is 23.8 Å². The summed E-state index contributed by atoms with van der Waals surface area (Å²) in [5.74, 6) is 1.42. The number of benzene rings is 2. The Labute approximate surface area is 237 Å². The number of nitrogens with zero attached hydrogens (tertiary/aromatic N) is 3. The van der Waals surface area contributed by atoms with E-state index in [1.54, 1.807) is 12.2 Å². The van der Waals surface area contributed by atoms with Gasteiger partial charge in [0.25, 0.3) is 0 Å². The fourth-order valence-corrected chi connectivity index (χ4v) is 5.78. The van der Waals surface area contributed by atoms with Crippen LogP contribution in [0.5, 0.6) is 5.75 Å². The van der Waals surface area contributed by atoms with Crippen LogP contribution in [0.3, 0.4) is 0 Å². The van der Waals surface area contributed by atoms with E-state index >= 15 is 0 Å². The van der Waals surface area contributed by atoms with Crippen LogP contribution in [-0.4, -0.2) is 72.8 Å². The third kappa shape index (κ3) is 6.61. The van der Waals surface area contributed by atoms with Gasteiger partial charge in [0.05, 0.1) is 19.2 Å². The molecule has 1 amide bonds. The van der Waals surface area contributed by atoms with Crippen molar-refractivity contribution in [3.05, 3.63) is 77.2 Å². The van der Waals surface area contributed by atoms with Gasteiger partial charge in [-0.3, -0.25) is 14.5 Å². The number of rotatable bonds is 11. The maximum atomic E-state index is 12.3. The Balaban J connectivity index is 1.17. The molecule has 3 aliphatic heterocycles. The van der Waals surface area contributed by atoms with Gasteiger partial charge in [-0.05, 0) is 56.4 Å². The summed E-state index contributed by atoms with van der Waals surface area (Å²) in [7, 11) is 3.72. The summed E-state index contributed by atoms with van der Waals surface area (Å²) < 4.78 is 18.1. The van der Waals surface area contributed by atoms with Crippen LogP contribution in [0.25, 0.3) is 0 Å². The zero-order chi connectivity index (χ0) is 28.2. The van der Waals surface area contributed by atoms with Crippen molar-refractivity contribution in [1.29, 1.82) is 0 Å². The molecule has 5 rings (SSSR count). The Morgan fingerprint density at radius 3 is 2.73 bits per heavy atom. The molecule has 0 bridgehead atoms. The lowest BCUT2D eigenvalue weighted by Crippen LogP contribution is -2.46. The van der Waals surface area contributed by atoms with Crippen LogP contribution in [-0.2, 0) is 25.7 Å². The molecule has 0 radical (unpaired) electrons. The number of methoxy groups -OCH3 is 1. The van der Waals surface area contributed by atoms with Gasteiger partial charge in [0.1, 0.15) is 29.8 Å². The number of carbonyl (C=O) groups excluding carboxylic acids is 1. The van der Waals surface area contributed by atoms with Gasteiger partial charge in [0, 0.05) is 39.0 Å². The van der Waals surface area contributed by atoms with Crippen LogP contribution < -0.4 is 10.5 Å². The quantitative estimate of drug-likeness (QED) is 0.447. The molecular weight excluding hydrogens is 508 g/mol. The van der Waals surface area contributed by atoms with Gasteiger partial charge in [-0.15, -0.1) is 0 Å². The van der Waals surface area contributed by atoms with Gasteiger partial charge in [-0.1, -0.05) is 36.4 Å². The van der Waals surface area contributed by atoms with E-state index in [2.05, 4.69) is 47.3 Å². The van der Waals surface area contributed by atoms with E-state index in [0.29, 0.717) is 13.0 Å². The molecule has 40 heavy (non-hydrogen) atoms. The highest BCUT2D eigenvalue weighted by Gasteiger charge is 2.33. The maximum absolute atomic E-state index is 12.3. The number of hydroxylamine groups is 2. The van der Waals surface area contributed by atoms with Crippen molar-refractivity contribution in [1.82, 2.24) is 14.9 Å². The standard InChI is InChI=1S/C31H42N4O5/c1-21(37-4)10-13-29(30(32)36)35-17-24-16-25(11-12-28(24)22(2)40-35)38-26-14-15-34(19-26)20-27-18-33(3)31(39-27)23-8-6-5-7-9-23/h5-9,11-12,16,18,21-22,26,29,31H,10,13-15,17,19-20H2,1-4H3,(H2,32,36)/t21?,22?,26-,29?,31?/m0/s1. The number of ether oxygens (including phenoxy) is 3. The molecule has 1 fully saturated rings. The minimum absolute atomic E-state index is 0.0463. The number of primary amides is 1. The monoisotopic (exact) mass is 550 g/mol. The molecule has 5 atom stereocenters. The van der Waals surface area contributed by atoms with E-state index in [0.717, 1.165) is 60.7 Å². The van der Waals surface area contributed by atoms with E-state index in [4.69, 9.17) is 24.8 Å². The predicted octanol–water partition coefficient (Wildman–Crippen LogP) is 4.12. The minimum Gasteiger partial charge on any atom is -0.489 e. The molecule has 9 nitrogen and oxygen atoms in total. The average molecular weight is 551 g/mol. The summed E-state index contributed by atoms with van der Waals surface area (Å²) in [5.41, 5.74) is 9.12. The Hall–Kier alpha value is -3.11. The van der Waals surface area contributed by atoms with E-state index < -0.39 is 6.04 Å². The third-order valence-electron chi connectivity index (χ3n) is 8.07. The summed E-state index contributed by atoms with van der Waals surface area (Å²) in [4.78, 5) is 22.9. The Morgan fingerprint density at radius 2 is 1.98 bits per heavy atom. The molecule has 9 heteroatoms. The topological polar surface area (TPSA) is 89.7 Å². The van der Waals surface area contributed by atoms with Gasteiger partial charge >= 0.3 is 0 Å². The van der Waals surface area contributed by atoms with Gasteiger partial charge in [0.2, 0.25) is 5.91 Å². The highest BCUT2D eigenvalue weighted by molar-refractivity contribution is 5.79. The van der Waals surface area contributed by atoms with Crippen molar-refractivity contribution in [2.75, 3.05) is 33.8 Å². The van der Waals surface area contributed by atoms with Gasteiger partial charge in [-0.25, -0.2) is 0 Å². The summed E-state index contributed by atoms with van der Waals surface area (Å²) >= 11 is 0. The lowest BCUT2D eigenvalue weighted by Gasteiger charge is -2.37. The Bertz CT molecular complexity index is 1190. The Morgan fingerprint density at radius 1 is 1.18 bits per heavy atom. The van der Waals surface area contributed by atoms with E-state index in [1.165, 1.54) is 0 Å². The number of hydrogen-bond donors (Lipinski definition) is 1. The molecule has 0 aromatic heterocycles. The number of amides is 1. The third-order valence-corrected chi connectivity index (χ3v) is 8.07. The largest absolute Gasteiger partial charge is 0.489 e. The lowest BCUT2D eigenvalue weighted by molar-refractivity contribution is -0.235. The highest BCUT2D eigenvalue weighted by Crippen LogP contribution is 2.35. The highest BCUT2D eigenvalue weighted by atomic mass is 16.7. The average Bonchev–Trinajstić information content (AvgIpc) is 3.54. The Kier molecular flexibility index (Phi) is 8.95. The second-order valence-electron chi connectivity index (χ2n) is 11.1. The molecule has 0 spiro atoms. The first-order valence-corrected chi connectivity index (χ1v) is 14.2. The molecule has 2 N–H and O–H groups in total. The van der Waals surface area contributed by atoms with Crippen molar-refractivity contribution in [3.63, 3.8) is 0 Å². The molecule has 3 aliphatic rings. The van der Waals surface area contributed by atoms with Crippen LogP contribution in [0.2, 0.25) is 0 Å². The second kappa shape index (κ2) is 12.6. The van der Waals surface area contributed by atoms with Crippen molar-refractivity contribution in [3.8, 4) is 5.75 Å². The summed E-state index contributed by atoms with van der Waals surface area (Å²) in [6.07, 6.45) is 4.23. The zero-order valence-electron chi connectivity index (χ0n) is 24.0. The molecule has 2 aromatic carbocycles. The fraction of sp³-hybridized carbons (Fsp3) is 0.516. The molecule has 0 saturated carbocycles. The van der Waals surface area contributed by atoms with Crippen LogP contribution in [0.1, 0.15) is 62.1 Å². The lowest BCUT2D eigenvalue weighted by atomic mass is 9.99. The SMILES string of the molecule is COC(C)CCC(C(N)=O)N1Cc2cc(O[C@H]3CCN(CC4=CN(C)C(c5ccccc5)O4)C3)ccc2C(C)O1. The number of hydrogen-bond acceptors (Lipinski definition) is 8. The molecule has 2 aromatic rings. The predicted molar refractivity (Wildman–Crippen MR) is 152 cm³/mol. The van der Waals surface area contributed by atoms with Crippen LogP contribution in [0.15, 0.2) is 60.5 Å². The van der Waals surface area contributed by atoms with E-state index in [9.17, 15) is 4.79 Å². The smallest absolute Gasteiger partial charge is 0.237 e. The molecule has 3 heterocycles. The molecule has 0 aliphatic carbocycles. The summed E-state index contributed by atoms with van der Waals surface area (Å²) in [6, 6.07) is 15.9. The van der Waals surface area contributed by atoms with Crippen molar-refractivity contribution in [2.45, 2.75) is 70.2 Å². The van der Waals surface area contributed by atoms with Crippen LogP contribution in [0, 0.1) is 0 Å². The first kappa shape index (κ1) is 28.4. The van der Waals surface area contributed by atoms with Crippen LogP contribution in [0.4, 0.5) is 0 Å². The first-order valence-electron chi connectivity index (χ1n) is 14.2. The second-order valence-corrected chi connectivity index (χ2v) is 11.1. The van der Waals surface area contributed by atoms with E-state index in [-0.39, 0.29) is 30.4 Å². The van der Waals surface area contributed by atoms with Crippen molar-refractivity contribution in [2.24, 2.45) is 5.73 Å². The van der Waals surface area contributed by atoms with Crippen molar-refractivity contribution >= 4 is 5.91 Å². The fourth-order valence-electron chi connectivity index (χ4n) is 5.78. The maximum Gasteiger partial charge on any atom is 0.237 e. The van der Waals surface area contributed by atoms with Gasteiger partial charge < -0.3 is 24.8 Å². The number of likely N-dealkylation sites (tertiary alicyclic amines) is 1. The first-order chi connectivity index (χ1) is 19.3. The molecule has 1 saturated heterocycles.